The van der Waals surface area contributed by atoms with Crippen LogP contribution in [-0.2, 0) is 29.7 Å². The third-order valence-electron chi connectivity index (χ3n) is 3.51. The number of aliphatic carboxylic acids is 1. The van der Waals surface area contributed by atoms with Crippen molar-refractivity contribution in [1.29, 1.82) is 0 Å². The van der Waals surface area contributed by atoms with Crippen molar-refractivity contribution >= 4 is 32.0 Å². The van der Waals surface area contributed by atoms with Crippen LogP contribution < -0.4 is 0 Å². The van der Waals surface area contributed by atoms with Crippen LogP contribution in [0.15, 0.2) is 0 Å². The van der Waals surface area contributed by atoms with Crippen molar-refractivity contribution in [2.45, 2.75) is 32.1 Å². The Labute approximate surface area is 118 Å². The van der Waals surface area contributed by atoms with Gasteiger partial charge in [0.1, 0.15) is 0 Å². The molecule has 0 saturated heterocycles. The molecule has 0 amide bonds. The van der Waals surface area contributed by atoms with E-state index in [2.05, 4.69) is 4.18 Å². The van der Waals surface area contributed by atoms with E-state index in [1.54, 1.807) is 0 Å². The van der Waals surface area contributed by atoms with Gasteiger partial charge in [0.05, 0.1) is 12.5 Å². The molecule has 1 rings (SSSR count). The third-order valence-corrected chi connectivity index (χ3v) is 4.63. The fourth-order valence-electron chi connectivity index (χ4n) is 2.66. The van der Waals surface area contributed by atoms with Crippen LogP contribution in [0.3, 0.4) is 0 Å². The van der Waals surface area contributed by atoms with Crippen molar-refractivity contribution in [1.82, 2.24) is 0 Å². The van der Waals surface area contributed by atoms with E-state index in [4.69, 9.17) is 4.55 Å². The van der Waals surface area contributed by atoms with Gasteiger partial charge in [-0.15, -0.1) is 0 Å². The molecule has 1 saturated carbocycles. The molecule has 116 valence electrons. The average molecular weight is 328 g/mol. The number of carboxylic acid groups (broad SMARTS) is 1. The van der Waals surface area contributed by atoms with Crippen molar-refractivity contribution in [3.8, 4) is 0 Å². The summed E-state index contributed by atoms with van der Waals surface area (Å²) in [7, 11) is -7.20. The largest absolute Gasteiger partial charge is 0.481 e. The zero-order valence-electron chi connectivity index (χ0n) is 10.6. The Kier molecular flexibility index (Phi) is 5.68. The van der Waals surface area contributed by atoms with Gasteiger partial charge < -0.3 is 5.11 Å². The van der Waals surface area contributed by atoms with Crippen LogP contribution in [0.25, 0.3) is 0 Å². The summed E-state index contributed by atoms with van der Waals surface area (Å²) in [5, 5.41) is 10.1. The fourth-order valence-corrected chi connectivity index (χ4v) is 3.74. The van der Waals surface area contributed by atoms with E-state index in [9.17, 15) is 26.7 Å². The summed E-state index contributed by atoms with van der Waals surface area (Å²) in [5.74, 6) is -2.04. The third kappa shape index (κ3) is 4.85. The van der Waals surface area contributed by atoms with E-state index in [1.807, 2.05) is 0 Å². The van der Waals surface area contributed by atoms with E-state index in [1.165, 1.54) is 0 Å². The van der Waals surface area contributed by atoms with Crippen LogP contribution in [0.5, 0.6) is 0 Å². The highest BCUT2D eigenvalue weighted by molar-refractivity contribution is 7.80. The molecule has 0 heterocycles. The van der Waals surface area contributed by atoms with Crippen LogP contribution in [-0.4, -0.2) is 44.4 Å². The van der Waals surface area contributed by atoms with Gasteiger partial charge in [-0.05, 0) is 19.3 Å². The van der Waals surface area contributed by atoms with Crippen LogP contribution in [0.1, 0.15) is 32.1 Å². The fraction of sp³-hybridized carbons (Fsp3) is 0.800. The van der Waals surface area contributed by atoms with Crippen LogP contribution in [0.4, 0.5) is 0 Å². The molecular weight excluding hydrogens is 312 g/mol. The number of carboxylic acids is 1. The smallest absolute Gasteiger partial charge is 0.397 e. The number of hydrogen-bond donors (Lipinski definition) is 2. The maximum absolute atomic E-state index is 11.3. The van der Waals surface area contributed by atoms with Gasteiger partial charge in [-0.3, -0.25) is 9.35 Å². The van der Waals surface area contributed by atoms with E-state index in [0.717, 1.165) is 5.37 Å². The topological polar surface area (TPSA) is 135 Å². The first-order chi connectivity index (χ1) is 9.16. The molecule has 0 bridgehead atoms. The minimum atomic E-state index is -4.63. The second kappa shape index (κ2) is 6.66. The number of carbonyl (C=O) groups is 1. The molecule has 2 N–H and O–H groups in total. The first kappa shape index (κ1) is 17.1. The Morgan fingerprint density at radius 1 is 1.40 bits per heavy atom. The highest BCUT2D eigenvalue weighted by Crippen LogP contribution is 2.42. The summed E-state index contributed by atoms with van der Waals surface area (Å²) in [6, 6.07) is 0. The molecule has 20 heavy (non-hydrogen) atoms. The first-order valence-corrected chi connectivity index (χ1v) is 8.45. The normalized spacial score (nSPS) is 26.9. The van der Waals surface area contributed by atoms with Crippen molar-refractivity contribution < 1.29 is 35.5 Å². The van der Waals surface area contributed by atoms with Gasteiger partial charge in [-0.25, -0.2) is 4.18 Å². The summed E-state index contributed by atoms with van der Waals surface area (Å²) < 4.78 is 55.6. The molecule has 8 nitrogen and oxygen atoms in total. The molecular formula is C10H16O8S2. The van der Waals surface area contributed by atoms with Gasteiger partial charge in [0, 0.05) is 10.8 Å². The molecule has 10 heteroatoms. The summed E-state index contributed by atoms with van der Waals surface area (Å²) >= 11 is 0. The zero-order valence-corrected chi connectivity index (χ0v) is 12.2. The molecule has 0 aromatic heterocycles. The predicted molar refractivity (Wildman–Crippen MR) is 69.1 cm³/mol. The molecule has 0 aromatic rings. The standard InChI is InChI=1S/C10H16O8S2/c11-9(12)8-3-1-2-4-10(8,7-19(13)14)5-6-18-20(15,16)17/h7-8H,1-6H2,(H,11,12)(H,15,16,17). The van der Waals surface area contributed by atoms with E-state index in [0.29, 0.717) is 25.7 Å². The maximum atomic E-state index is 11.3. The first-order valence-electron chi connectivity index (χ1n) is 5.95. The lowest BCUT2D eigenvalue weighted by Gasteiger charge is -2.38. The summed E-state index contributed by atoms with van der Waals surface area (Å²) in [4.78, 5) is 11.3. The van der Waals surface area contributed by atoms with Gasteiger partial charge in [0.25, 0.3) is 0 Å². The zero-order chi connectivity index (χ0) is 15.4. The predicted octanol–water partition coefficient (Wildman–Crippen LogP) is 0.138. The highest BCUT2D eigenvalue weighted by Gasteiger charge is 2.44. The maximum Gasteiger partial charge on any atom is 0.397 e. The van der Waals surface area contributed by atoms with E-state index >= 15 is 0 Å². The number of hydrogen-bond acceptors (Lipinski definition) is 6. The lowest BCUT2D eigenvalue weighted by molar-refractivity contribution is -0.146. The van der Waals surface area contributed by atoms with Crippen molar-refractivity contribution in [2.24, 2.45) is 11.3 Å². The second-order valence-electron chi connectivity index (χ2n) is 4.75. The summed E-state index contributed by atoms with van der Waals surface area (Å²) in [6.45, 7) is -0.476. The van der Waals surface area contributed by atoms with Crippen LogP contribution in [0.2, 0.25) is 0 Å². The molecule has 0 radical (unpaired) electrons. The molecule has 2 unspecified atom stereocenters. The van der Waals surface area contributed by atoms with Gasteiger partial charge >= 0.3 is 16.4 Å². The molecule has 0 aliphatic heterocycles. The molecule has 2 atom stereocenters. The summed E-state index contributed by atoms with van der Waals surface area (Å²) in [5.41, 5.74) is -1.18. The monoisotopic (exact) mass is 328 g/mol. The Morgan fingerprint density at radius 3 is 2.55 bits per heavy atom. The Bertz CT molecular complexity index is 583. The summed E-state index contributed by atoms with van der Waals surface area (Å²) in [6.07, 6.45) is 1.82. The Balaban J connectivity index is 3.01. The number of rotatable bonds is 6. The molecule has 0 spiro atoms. The van der Waals surface area contributed by atoms with Crippen LogP contribution >= 0.6 is 0 Å². The quantitative estimate of drug-likeness (QED) is 0.519. The SMILES string of the molecule is O=C(O)C1CCCCC1(C=S(=O)=O)CCOS(=O)(=O)O. The van der Waals surface area contributed by atoms with Gasteiger partial charge in [0.15, 0.2) is 0 Å². The van der Waals surface area contributed by atoms with Crippen molar-refractivity contribution in [3.63, 3.8) is 0 Å². The minimum Gasteiger partial charge on any atom is -0.481 e. The Hall–Kier alpha value is -0.970. The molecule has 1 aliphatic carbocycles. The van der Waals surface area contributed by atoms with Crippen LogP contribution in [0, 0.1) is 11.3 Å². The molecule has 0 aromatic carbocycles. The minimum absolute atomic E-state index is 0.113. The second-order valence-corrected chi connectivity index (χ2v) is 6.60. The van der Waals surface area contributed by atoms with Gasteiger partial charge in [-0.1, -0.05) is 12.8 Å². The Morgan fingerprint density at radius 2 is 2.05 bits per heavy atom. The van der Waals surface area contributed by atoms with Crippen molar-refractivity contribution in [2.75, 3.05) is 6.61 Å². The lowest BCUT2D eigenvalue weighted by Crippen LogP contribution is -2.41. The van der Waals surface area contributed by atoms with Crippen molar-refractivity contribution in [3.05, 3.63) is 0 Å². The average Bonchev–Trinajstić information content (AvgIpc) is 2.26. The van der Waals surface area contributed by atoms with E-state index in [-0.39, 0.29) is 6.42 Å². The highest BCUT2D eigenvalue weighted by atomic mass is 32.3. The van der Waals surface area contributed by atoms with Gasteiger partial charge in [-0.2, -0.15) is 16.8 Å². The lowest BCUT2D eigenvalue weighted by atomic mass is 9.66. The molecule has 1 aliphatic rings. The van der Waals surface area contributed by atoms with Gasteiger partial charge in [0.2, 0.25) is 10.3 Å². The molecule has 1 fully saturated rings. The van der Waals surface area contributed by atoms with E-state index < -0.39 is 44.6 Å².